The fourth-order valence-electron chi connectivity index (χ4n) is 20.2. The first-order valence-electron chi connectivity index (χ1n) is 28.5. The predicted molar refractivity (Wildman–Crippen MR) is 273 cm³/mol. The summed E-state index contributed by atoms with van der Waals surface area (Å²) in [6.45, 7) is 42.1. The molecule has 0 radical (unpaired) electrons. The zero-order valence-corrected chi connectivity index (χ0v) is 46.3. The second-order valence-corrected chi connectivity index (χ2v) is 29.2. The van der Waals surface area contributed by atoms with Gasteiger partial charge in [0.2, 0.25) is 0 Å². The van der Waals surface area contributed by atoms with Gasteiger partial charge in [-0.05, 0) is 217 Å². The predicted octanol–water partition coefficient (Wildman–Crippen LogP) is 12.8. The molecule has 0 bridgehead atoms. The van der Waals surface area contributed by atoms with E-state index in [4.69, 9.17) is 0 Å². The first kappa shape index (κ1) is 55.1. The maximum absolute atomic E-state index is 13.8. The SMILES string of the molecule is CC(C)C1CCC(C)(C2C(O)C(C(C)C)CCC2(C)C2C(O)C(C(C)C)CCC2(C)C2C(O)C(C(C)C)CCC2(C)C2C(O)C(C(C)C)CCC2(C)C2(C)CCC(C(C)C)C(O)C2)CC1O. The van der Waals surface area contributed by atoms with Gasteiger partial charge in [0, 0.05) is 0 Å². The van der Waals surface area contributed by atoms with E-state index in [0.29, 0.717) is 30.1 Å². The van der Waals surface area contributed by atoms with Crippen LogP contribution in [0.4, 0.5) is 0 Å². The van der Waals surface area contributed by atoms with Crippen LogP contribution in [-0.4, -0.2) is 67.3 Å². The fraction of sp³-hybridized carbons (Fsp3) is 1.00. The molecule has 6 rings (SSSR count). The summed E-state index contributed by atoms with van der Waals surface area (Å²) in [4.78, 5) is 0. The average Bonchev–Trinajstić information content (AvgIpc) is 3.16. The molecule has 0 aliphatic heterocycles. The van der Waals surface area contributed by atoms with Crippen LogP contribution in [0, 0.1) is 127 Å². The molecular weight excluding hydrogens is 817 g/mol. The number of aliphatic hydroxyl groups is 6. The maximum Gasteiger partial charge on any atom is 0.0609 e. The van der Waals surface area contributed by atoms with Gasteiger partial charge in [-0.1, -0.05) is 125 Å². The zero-order valence-electron chi connectivity index (χ0n) is 46.3. The van der Waals surface area contributed by atoms with Crippen LogP contribution in [0.5, 0.6) is 0 Å². The largest absolute Gasteiger partial charge is 0.393 e. The molecule has 386 valence electrons. The second-order valence-electron chi connectivity index (χ2n) is 29.2. The van der Waals surface area contributed by atoms with E-state index in [0.717, 1.165) is 83.5 Å². The molecule has 0 aromatic heterocycles. The van der Waals surface area contributed by atoms with E-state index >= 15 is 0 Å². The van der Waals surface area contributed by atoms with E-state index in [9.17, 15) is 30.6 Å². The Kier molecular flexibility index (Phi) is 16.4. The molecule has 6 N–H and O–H groups in total. The van der Waals surface area contributed by atoms with Crippen LogP contribution in [0.25, 0.3) is 0 Å². The summed E-state index contributed by atoms with van der Waals surface area (Å²) in [7, 11) is 0. The lowest BCUT2D eigenvalue weighted by molar-refractivity contribution is -0.279. The smallest absolute Gasteiger partial charge is 0.0609 e. The minimum Gasteiger partial charge on any atom is -0.393 e. The summed E-state index contributed by atoms with van der Waals surface area (Å²) in [6.07, 6.45) is 9.50. The topological polar surface area (TPSA) is 121 Å². The van der Waals surface area contributed by atoms with E-state index in [1.807, 2.05) is 0 Å². The highest BCUT2D eigenvalue weighted by atomic mass is 16.3. The van der Waals surface area contributed by atoms with Gasteiger partial charge in [-0.25, -0.2) is 0 Å². The molecule has 0 saturated heterocycles. The molecule has 0 aromatic carbocycles. The minimum absolute atomic E-state index is 0.0934. The van der Waals surface area contributed by atoms with Gasteiger partial charge in [0.25, 0.3) is 0 Å². The lowest BCUT2D eigenvalue weighted by atomic mass is 9.34. The lowest BCUT2D eigenvalue weighted by Crippen LogP contribution is -2.70. The van der Waals surface area contributed by atoms with Crippen molar-refractivity contribution in [3.63, 3.8) is 0 Å². The highest BCUT2D eigenvalue weighted by Gasteiger charge is 2.72. The van der Waals surface area contributed by atoms with Crippen LogP contribution in [0.3, 0.4) is 0 Å². The molecule has 6 heteroatoms. The molecule has 0 aromatic rings. The Morgan fingerprint density at radius 1 is 0.318 bits per heavy atom. The molecule has 22 unspecified atom stereocenters. The van der Waals surface area contributed by atoms with Crippen molar-refractivity contribution in [1.29, 1.82) is 0 Å². The molecule has 0 heterocycles. The number of hydrogen-bond donors (Lipinski definition) is 6. The van der Waals surface area contributed by atoms with Crippen LogP contribution in [0.2, 0.25) is 0 Å². The highest BCUT2D eigenvalue weighted by Crippen LogP contribution is 2.74. The van der Waals surface area contributed by atoms with Crippen molar-refractivity contribution in [2.24, 2.45) is 127 Å². The van der Waals surface area contributed by atoms with E-state index in [2.05, 4.69) is 125 Å². The molecule has 6 aliphatic rings. The molecule has 6 aliphatic carbocycles. The number of hydrogen-bond acceptors (Lipinski definition) is 6. The zero-order chi connectivity index (χ0) is 49.6. The molecule has 0 amide bonds. The molecule has 6 fully saturated rings. The summed E-state index contributed by atoms with van der Waals surface area (Å²) < 4.78 is 0. The van der Waals surface area contributed by atoms with Crippen LogP contribution in [0.1, 0.15) is 215 Å². The van der Waals surface area contributed by atoms with E-state index in [1.165, 1.54) is 0 Å². The third kappa shape index (κ3) is 9.03. The van der Waals surface area contributed by atoms with Gasteiger partial charge < -0.3 is 30.6 Å². The second kappa shape index (κ2) is 19.6. The molecule has 0 spiro atoms. The first-order chi connectivity index (χ1) is 30.4. The van der Waals surface area contributed by atoms with E-state index in [1.54, 1.807) is 0 Å². The van der Waals surface area contributed by atoms with Gasteiger partial charge in [-0.3, -0.25) is 0 Å². The Morgan fingerprint density at radius 2 is 0.606 bits per heavy atom. The van der Waals surface area contributed by atoms with Crippen molar-refractivity contribution in [3.05, 3.63) is 0 Å². The average molecular weight is 928 g/mol. The van der Waals surface area contributed by atoms with Gasteiger partial charge in [-0.15, -0.1) is 0 Å². The van der Waals surface area contributed by atoms with Crippen LogP contribution in [-0.2, 0) is 0 Å². The lowest BCUT2D eigenvalue weighted by Gasteiger charge is -2.72. The number of rotatable bonds is 11. The third-order valence-electron chi connectivity index (χ3n) is 23.8. The molecule has 66 heavy (non-hydrogen) atoms. The van der Waals surface area contributed by atoms with E-state index in [-0.39, 0.29) is 93.4 Å². The van der Waals surface area contributed by atoms with Gasteiger partial charge in [0.15, 0.2) is 0 Å². The van der Waals surface area contributed by atoms with E-state index < -0.39 is 46.8 Å². The quantitative estimate of drug-likeness (QED) is 0.123. The first-order valence-corrected chi connectivity index (χ1v) is 28.5. The normalized spacial score (nSPS) is 52.3. The summed E-state index contributed by atoms with van der Waals surface area (Å²) in [5.74, 6) is 2.27. The van der Waals surface area contributed by atoms with Crippen molar-refractivity contribution < 1.29 is 30.6 Å². The Balaban J connectivity index is 1.60. The summed E-state index contributed by atoms with van der Waals surface area (Å²) in [5.41, 5.74) is -2.34. The maximum atomic E-state index is 13.8. The van der Waals surface area contributed by atoms with Gasteiger partial charge in [0.1, 0.15) is 0 Å². The Morgan fingerprint density at radius 3 is 0.970 bits per heavy atom. The van der Waals surface area contributed by atoms with Crippen molar-refractivity contribution in [3.8, 4) is 0 Å². The van der Waals surface area contributed by atoms with Crippen LogP contribution < -0.4 is 0 Å². The molecule has 6 nitrogen and oxygen atoms in total. The Bertz CT molecular complexity index is 1610. The summed E-state index contributed by atoms with van der Waals surface area (Å²) in [5, 5.41) is 78.3. The van der Waals surface area contributed by atoms with Crippen molar-refractivity contribution in [2.75, 3.05) is 0 Å². The molecule has 6 saturated carbocycles. The third-order valence-corrected chi connectivity index (χ3v) is 23.8. The van der Waals surface area contributed by atoms with Gasteiger partial charge >= 0.3 is 0 Å². The molecule has 22 atom stereocenters. The summed E-state index contributed by atoms with van der Waals surface area (Å²) >= 11 is 0. The Hall–Kier alpha value is -0.240. The fourth-order valence-corrected chi connectivity index (χ4v) is 20.2. The van der Waals surface area contributed by atoms with Crippen molar-refractivity contribution >= 4 is 0 Å². The van der Waals surface area contributed by atoms with Gasteiger partial charge in [0.05, 0.1) is 36.6 Å². The van der Waals surface area contributed by atoms with Crippen LogP contribution in [0.15, 0.2) is 0 Å². The highest BCUT2D eigenvalue weighted by molar-refractivity contribution is 5.20. The monoisotopic (exact) mass is 927 g/mol. The van der Waals surface area contributed by atoms with Gasteiger partial charge in [-0.2, -0.15) is 0 Å². The Labute approximate surface area is 407 Å². The van der Waals surface area contributed by atoms with Crippen molar-refractivity contribution in [2.45, 2.75) is 251 Å². The standard InChI is InChI=1S/C60H110O6/c1-33(2)39-19-25-55(13,31-45(39)61)51-47(63)41(35(5)6)21-27-57(51,15)52-48(64)42(36(7)8)22-28-58(52,16)53-49(65)43(37(9)10)23-29-59(53,17)54-50(66)44(38(11)12)24-30-60(54,18)56(14)26-20-40(34(3)4)46(62)32-56/h33-54,61-66H,19-32H2,1-18H3. The summed E-state index contributed by atoms with van der Waals surface area (Å²) in [6, 6.07) is 0. The molecular formula is C60H110O6. The van der Waals surface area contributed by atoms with Crippen molar-refractivity contribution in [1.82, 2.24) is 0 Å². The minimum atomic E-state index is -0.625. The van der Waals surface area contributed by atoms with Crippen LogP contribution >= 0.6 is 0 Å². The number of aliphatic hydroxyl groups excluding tert-OH is 6.